The van der Waals surface area contributed by atoms with Crippen LogP contribution in [0.1, 0.15) is 72.7 Å². The summed E-state index contributed by atoms with van der Waals surface area (Å²) in [6, 6.07) is 12.0. The highest BCUT2D eigenvalue weighted by Gasteiger charge is 2.45. The Kier molecular flexibility index (Phi) is 9.19. The fourth-order valence-electron chi connectivity index (χ4n) is 5.68. The largest absolute Gasteiger partial charge is 0.492 e. The topological polar surface area (TPSA) is 146 Å². The van der Waals surface area contributed by atoms with Gasteiger partial charge in [0.2, 0.25) is 11.8 Å². The van der Waals surface area contributed by atoms with Crippen molar-refractivity contribution in [1.82, 2.24) is 20.4 Å². The van der Waals surface area contributed by atoms with Crippen molar-refractivity contribution in [2.24, 2.45) is 0 Å². The average Bonchev–Trinajstić information content (AvgIpc) is 3.22. The molecule has 2 saturated heterocycles. The van der Waals surface area contributed by atoms with Gasteiger partial charge in [0.05, 0.1) is 11.1 Å². The number of ether oxygens (including phenoxy) is 2. The molecule has 44 heavy (non-hydrogen) atoms. The zero-order valence-corrected chi connectivity index (χ0v) is 25.3. The molecule has 0 aliphatic carbocycles. The molecule has 3 aliphatic heterocycles. The lowest BCUT2D eigenvalue weighted by molar-refractivity contribution is -0.136. The molecule has 3 aliphatic rings. The van der Waals surface area contributed by atoms with Gasteiger partial charge in [-0.05, 0) is 69.9 Å². The molecule has 0 spiro atoms. The predicted molar refractivity (Wildman–Crippen MR) is 161 cm³/mol. The van der Waals surface area contributed by atoms with Crippen molar-refractivity contribution < 1.29 is 33.4 Å². The van der Waals surface area contributed by atoms with Crippen LogP contribution in [-0.4, -0.2) is 83.4 Å². The number of imide groups is 2. The Labute approximate surface area is 256 Å². The Bertz CT molecular complexity index is 1430. The number of likely N-dealkylation sites (tertiary alicyclic amines) is 1. The highest BCUT2D eigenvalue weighted by Crippen LogP contribution is 2.32. The molecular formula is C32H39N5O7. The second-order valence-corrected chi connectivity index (χ2v) is 12.3. The Morgan fingerprint density at radius 3 is 2.39 bits per heavy atom. The summed E-state index contributed by atoms with van der Waals surface area (Å²) in [5.41, 5.74) is 1.59. The Morgan fingerprint density at radius 2 is 1.70 bits per heavy atom. The fourth-order valence-corrected chi connectivity index (χ4v) is 5.68. The molecule has 12 heteroatoms. The first-order valence-electron chi connectivity index (χ1n) is 15.0. The first-order valence-corrected chi connectivity index (χ1v) is 15.0. The van der Waals surface area contributed by atoms with E-state index in [1.54, 1.807) is 18.2 Å². The Morgan fingerprint density at radius 1 is 0.977 bits per heavy atom. The van der Waals surface area contributed by atoms with Gasteiger partial charge in [0.15, 0.2) is 0 Å². The minimum atomic E-state index is -1.01. The van der Waals surface area contributed by atoms with E-state index in [2.05, 4.69) is 20.9 Å². The van der Waals surface area contributed by atoms with Crippen LogP contribution in [0.15, 0.2) is 42.5 Å². The Hall–Kier alpha value is -4.45. The molecule has 0 bridgehead atoms. The maximum absolute atomic E-state index is 13.2. The van der Waals surface area contributed by atoms with Gasteiger partial charge in [0.25, 0.3) is 11.8 Å². The summed E-state index contributed by atoms with van der Waals surface area (Å²) in [6.07, 6.45) is 1.55. The molecular weight excluding hydrogens is 566 g/mol. The number of fused-ring (bicyclic) bond motifs is 1. The summed E-state index contributed by atoms with van der Waals surface area (Å²) in [6.45, 7) is 8.83. The van der Waals surface area contributed by atoms with Crippen LogP contribution in [-0.2, 0) is 20.9 Å². The molecule has 5 amide bonds. The predicted octanol–water partition coefficient (Wildman–Crippen LogP) is 3.07. The number of benzene rings is 2. The maximum atomic E-state index is 13.2. The quantitative estimate of drug-likeness (QED) is 0.290. The van der Waals surface area contributed by atoms with Crippen molar-refractivity contribution in [2.45, 2.75) is 70.7 Å². The van der Waals surface area contributed by atoms with Crippen molar-refractivity contribution in [3.8, 4) is 5.75 Å². The number of nitrogens with zero attached hydrogens (tertiary/aromatic N) is 2. The molecule has 12 nitrogen and oxygen atoms in total. The number of piperidine rings is 2. The fraction of sp³-hybridized carbons (Fsp3) is 0.469. The summed E-state index contributed by atoms with van der Waals surface area (Å²) >= 11 is 0. The summed E-state index contributed by atoms with van der Waals surface area (Å²) in [7, 11) is 0. The standard InChI is InChI=1S/C32H39N5O7/c1-32(2,3)44-31(42)34-21-13-16-36(17-14-21)19-20-7-9-22(10-8-20)43-18-15-33-24-6-4-5-23-27(24)30(41)37(29(23)40)25-11-12-26(38)35-28(25)39/h4-10,21,25,33H,11-19H2,1-3H3,(H,34,42)(H,35,38,39). The van der Waals surface area contributed by atoms with Crippen molar-refractivity contribution in [1.29, 1.82) is 0 Å². The summed E-state index contributed by atoms with van der Waals surface area (Å²) in [4.78, 5) is 65.5. The van der Waals surface area contributed by atoms with Gasteiger partial charge in [-0.2, -0.15) is 0 Å². The van der Waals surface area contributed by atoms with Gasteiger partial charge in [-0.1, -0.05) is 18.2 Å². The van der Waals surface area contributed by atoms with Crippen molar-refractivity contribution in [3.63, 3.8) is 0 Å². The lowest BCUT2D eigenvalue weighted by Crippen LogP contribution is -2.54. The summed E-state index contributed by atoms with van der Waals surface area (Å²) in [5.74, 6) is -1.43. The van der Waals surface area contributed by atoms with Gasteiger partial charge in [-0.25, -0.2) is 4.79 Å². The lowest BCUT2D eigenvalue weighted by atomic mass is 10.0. The second-order valence-electron chi connectivity index (χ2n) is 12.3. The first-order chi connectivity index (χ1) is 21.0. The number of carbonyl (C=O) groups is 5. The minimum absolute atomic E-state index is 0.0704. The van der Waals surface area contributed by atoms with E-state index in [-0.39, 0.29) is 36.1 Å². The van der Waals surface area contributed by atoms with Crippen LogP contribution in [0.2, 0.25) is 0 Å². The lowest BCUT2D eigenvalue weighted by Gasteiger charge is -2.32. The second kappa shape index (κ2) is 13.0. The zero-order valence-electron chi connectivity index (χ0n) is 25.3. The molecule has 0 radical (unpaired) electrons. The maximum Gasteiger partial charge on any atom is 0.407 e. The number of amides is 5. The van der Waals surface area contributed by atoms with Crippen LogP contribution in [0.3, 0.4) is 0 Å². The molecule has 1 atom stereocenters. The van der Waals surface area contributed by atoms with Crippen LogP contribution in [0.25, 0.3) is 0 Å². The number of hydrogen-bond donors (Lipinski definition) is 3. The molecule has 1 unspecified atom stereocenters. The third-order valence-electron chi connectivity index (χ3n) is 7.79. The highest BCUT2D eigenvalue weighted by molar-refractivity contribution is 6.25. The smallest absolute Gasteiger partial charge is 0.407 e. The molecule has 3 N–H and O–H groups in total. The number of alkyl carbamates (subject to hydrolysis) is 1. The van der Waals surface area contributed by atoms with Crippen LogP contribution in [0.4, 0.5) is 10.5 Å². The van der Waals surface area contributed by atoms with Gasteiger partial charge < -0.3 is 20.1 Å². The molecule has 5 rings (SSSR count). The van der Waals surface area contributed by atoms with Crippen molar-refractivity contribution in [3.05, 3.63) is 59.2 Å². The van der Waals surface area contributed by atoms with E-state index in [0.717, 1.165) is 42.9 Å². The van der Waals surface area contributed by atoms with Gasteiger partial charge in [-0.15, -0.1) is 0 Å². The highest BCUT2D eigenvalue weighted by atomic mass is 16.6. The van der Waals surface area contributed by atoms with Crippen molar-refractivity contribution in [2.75, 3.05) is 31.6 Å². The molecule has 2 aromatic rings. The van der Waals surface area contributed by atoms with E-state index in [1.807, 2.05) is 45.0 Å². The van der Waals surface area contributed by atoms with Crippen molar-refractivity contribution >= 4 is 35.4 Å². The SMILES string of the molecule is CC(C)(C)OC(=O)NC1CCN(Cc2ccc(OCCNc3cccc4c3C(=O)N(C3CCC(=O)NC3=O)C4=O)cc2)CC1. The van der Waals surface area contributed by atoms with Crippen LogP contribution >= 0.6 is 0 Å². The molecule has 0 aromatic heterocycles. The van der Waals surface area contributed by atoms with E-state index in [4.69, 9.17) is 9.47 Å². The first kappa shape index (κ1) is 31.0. The molecule has 0 saturated carbocycles. The molecule has 234 valence electrons. The van der Waals surface area contributed by atoms with Crippen LogP contribution in [0.5, 0.6) is 5.75 Å². The van der Waals surface area contributed by atoms with Gasteiger partial charge in [0.1, 0.15) is 24.0 Å². The number of rotatable bonds is 9. The van der Waals surface area contributed by atoms with E-state index in [1.165, 1.54) is 0 Å². The van der Waals surface area contributed by atoms with Crippen LogP contribution in [0, 0.1) is 0 Å². The van der Waals surface area contributed by atoms with Gasteiger partial charge >= 0.3 is 6.09 Å². The number of anilines is 1. The van der Waals surface area contributed by atoms with Gasteiger partial charge in [-0.3, -0.25) is 34.3 Å². The third-order valence-corrected chi connectivity index (χ3v) is 7.79. The molecule has 3 heterocycles. The number of nitrogens with one attached hydrogen (secondary N) is 3. The van der Waals surface area contributed by atoms with E-state index >= 15 is 0 Å². The number of carbonyl (C=O) groups excluding carboxylic acids is 5. The van der Waals surface area contributed by atoms with Gasteiger partial charge in [0, 0.05) is 44.3 Å². The van der Waals surface area contributed by atoms with E-state index < -0.39 is 35.3 Å². The van der Waals surface area contributed by atoms with Crippen LogP contribution < -0.4 is 20.7 Å². The van der Waals surface area contributed by atoms with E-state index in [9.17, 15) is 24.0 Å². The Balaban J connectivity index is 1.06. The monoisotopic (exact) mass is 605 g/mol. The number of hydrogen-bond acceptors (Lipinski definition) is 9. The molecule has 2 fully saturated rings. The summed E-state index contributed by atoms with van der Waals surface area (Å²) < 4.78 is 11.3. The average molecular weight is 606 g/mol. The normalized spacial score (nSPS) is 19.4. The zero-order chi connectivity index (χ0) is 31.4. The van der Waals surface area contributed by atoms with E-state index in [0.29, 0.717) is 24.6 Å². The summed E-state index contributed by atoms with van der Waals surface area (Å²) in [5, 5.41) is 8.36. The third kappa shape index (κ3) is 7.36. The minimum Gasteiger partial charge on any atom is -0.492 e. The molecule has 2 aromatic carbocycles.